The van der Waals surface area contributed by atoms with E-state index in [4.69, 9.17) is 0 Å². The van der Waals surface area contributed by atoms with Crippen LogP contribution < -0.4 is 16.4 Å². The summed E-state index contributed by atoms with van der Waals surface area (Å²) in [5.41, 5.74) is 4.74. The number of halogens is 1. The number of carbonyl (C=O) groups excluding carboxylic acids is 2. The summed E-state index contributed by atoms with van der Waals surface area (Å²) < 4.78 is 1.83. The largest absolute Gasteiger partial charge is 0.290 e. The molecule has 0 aliphatic heterocycles. The van der Waals surface area contributed by atoms with Crippen LogP contribution in [0.1, 0.15) is 34.2 Å². The Morgan fingerprint density at radius 2 is 1.83 bits per heavy atom. The van der Waals surface area contributed by atoms with Gasteiger partial charge in [-0.25, -0.2) is 4.68 Å². The molecule has 7 nitrogen and oxygen atoms in total. The molecular weight excluding hydrogens is 364 g/mol. The van der Waals surface area contributed by atoms with Crippen LogP contribution >= 0.6 is 15.9 Å². The van der Waals surface area contributed by atoms with Crippen molar-refractivity contribution in [1.29, 1.82) is 0 Å². The van der Waals surface area contributed by atoms with Gasteiger partial charge >= 0.3 is 0 Å². The highest BCUT2D eigenvalue weighted by atomic mass is 79.9. The quantitative estimate of drug-likeness (QED) is 0.788. The fourth-order valence-corrected chi connectivity index (χ4v) is 2.30. The van der Waals surface area contributed by atoms with Gasteiger partial charge in [0.2, 0.25) is 0 Å². The van der Waals surface area contributed by atoms with Gasteiger partial charge in [0.05, 0.1) is 5.56 Å². The topological polar surface area (TPSA) is 93.1 Å². The van der Waals surface area contributed by atoms with Crippen molar-refractivity contribution in [1.82, 2.24) is 20.6 Å². The van der Waals surface area contributed by atoms with Gasteiger partial charge in [-0.05, 0) is 40.5 Å². The number of benzene rings is 1. The van der Waals surface area contributed by atoms with Gasteiger partial charge in [-0.2, -0.15) is 5.10 Å². The number of aryl methyl sites for hydroxylation is 1. The SMILES string of the molecule is CCCn1nc(C(=O)NNC(=O)c2ccccc2Br)ccc1=O. The molecule has 0 saturated carbocycles. The molecule has 2 rings (SSSR count). The maximum Gasteiger partial charge on any atom is 0.290 e. The second kappa shape index (κ2) is 7.68. The Labute approximate surface area is 140 Å². The van der Waals surface area contributed by atoms with Gasteiger partial charge in [-0.15, -0.1) is 0 Å². The summed E-state index contributed by atoms with van der Waals surface area (Å²) in [5.74, 6) is -1.07. The second-order valence-corrected chi connectivity index (χ2v) is 5.52. The summed E-state index contributed by atoms with van der Waals surface area (Å²) in [4.78, 5) is 35.6. The van der Waals surface area contributed by atoms with Crippen LogP contribution in [0, 0.1) is 0 Å². The van der Waals surface area contributed by atoms with E-state index in [0.29, 0.717) is 16.6 Å². The molecule has 0 radical (unpaired) electrons. The van der Waals surface area contributed by atoms with E-state index in [1.165, 1.54) is 16.8 Å². The van der Waals surface area contributed by atoms with Gasteiger partial charge in [0.25, 0.3) is 17.4 Å². The summed E-state index contributed by atoms with van der Waals surface area (Å²) in [7, 11) is 0. The molecular formula is C15H15BrN4O3. The minimum atomic E-state index is -0.602. The van der Waals surface area contributed by atoms with Gasteiger partial charge in [-0.3, -0.25) is 25.2 Å². The Hall–Kier alpha value is -2.48. The van der Waals surface area contributed by atoms with Crippen LogP contribution in [0.4, 0.5) is 0 Å². The highest BCUT2D eigenvalue weighted by molar-refractivity contribution is 9.10. The van der Waals surface area contributed by atoms with E-state index in [0.717, 1.165) is 6.42 Å². The van der Waals surface area contributed by atoms with E-state index >= 15 is 0 Å². The Balaban J connectivity index is 2.05. The van der Waals surface area contributed by atoms with Crippen LogP contribution in [0.15, 0.2) is 45.7 Å². The number of amides is 2. The molecule has 2 amide bonds. The molecule has 0 aliphatic rings. The highest BCUT2D eigenvalue weighted by Crippen LogP contribution is 2.15. The third-order valence-electron chi connectivity index (χ3n) is 2.94. The first kappa shape index (κ1) is 16.9. The van der Waals surface area contributed by atoms with Crippen molar-refractivity contribution in [2.45, 2.75) is 19.9 Å². The predicted molar refractivity (Wildman–Crippen MR) is 87.9 cm³/mol. The maximum atomic E-state index is 12.0. The number of rotatable bonds is 4. The van der Waals surface area contributed by atoms with Gasteiger partial charge < -0.3 is 0 Å². The standard InChI is InChI=1S/C15H15BrN4O3/c1-2-9-20-13(21)8-7-12(19-20)15(23)18-17-14(22)10-5-3-4-6-11(10)16/h3-8H,2,9H2,1H3,(H,17,22)(H,18,23). The molecule has 0 saturated heterocycles. The van der Waals surface area contributed by atoms with Crippen LogP contribution in [0.2, 0.25) is 0 Å². The molecule has 0 unspecified atom stereocenters. The molecule has 2 aromatic rings. The average Bonchev–Trinajstić information content (AvgIpc) is 2.55. The monoisotopic (exact) mass is 378 g/mol. The molecule has 1 heterocycles. The summed E-state index contributed by atoms with van der Waals surface area (Å²) in [5, 5.41) is 3.96. The summed E-state index contributed by atoms with van der Waals surface area (Å²) in [6.07, 6.45) is 0.719. The van der Waals surface area contributed by atoms with Crippen LogP contribution in [0.5, 0.6) is 0 Å². The van der Waals surface area contributed by atoms with Crippen LogP contribution in [-0.4, -0.2) is 21.6 Å². The fourth-order valence-electron chi connectivity index (χ4n) is 1.83. The Morgan fingerprint density at radius 1 is 1.13 bits per heavy atom. The number of hydrogen-bond acceptors (Lipinski definition) is 4. The fraction of sp³-hybridized carbons (Fsp3) is 0.200. The van der Waals surface area contributed by atoms with Crippen molar-refractivity contribution < 1.29 is 9.59 Å². The smallest absolute Gasteiger partial charge is 0.268 e. The third kappa shape index (κ3) is 4.26. The van der Waals surface area contributed by atoms with Crippen LogP contribution in [0.25, 0.3) is 0 Å². The predicted octanol–water partition coefficient (Wildman–Crippen LogP) is 1.49. The van der Waals surface area contributed by atoms with Crippen molar-refractivity contribution in [3.05, 3.63) is 62.5 Å². The van der Waals surface area contributed by atoms with E-state index in [1.54, 1.807) is 24.3 Å². The summed E-state index contributed by atoms with van der Waals surface area (Å²) in [6, 6.07) is 9.41. The van der Waals surface area contributed by atoms with Crippen molar-refractivity contribution in [3.63, 3.8) is 0 Å². The van der Waals surface area contributed by atoms with E-state index in [1.807, 2.05) is 6.92 Å². The van der Waals surface area contributed by atoms with E-state index in [-0.39, 0.29) is 11.3 Å². The van der Waals surface area contributed by atoms with E-state index in [9.17, 15) is 14.4 Å². The van der Waals surface area contributed by atoms with E-state index < -0.39 is 11.8 Å². The molecule has 0 spiro atoms. The van der Waals surface area contributed by atoms with Crippen molar-refractivity contribution in [2.75, 3.05) is 0 Å². The lowest BCUT2D eigenvalue weighted by Crippen LogP contribution is -2.42. The molecule has 120 valence electrons. The number of carbonyl (C=O) groups is 2. The minimum absolute atomic E-state index is 0.0467. The first-order valence-electron chi connectivity index (χ1n) is 6.96. The number of nitrogens with one attached hydrogen (secondary N) is 2. The molecule has 0 bridgehead atoms. The number of nitrogens with zero attached hydrogens (tertiary/aromatic N) is 2. The zero-order valence-corrected chi connectivity index (χ0v) is 14.0. The number of aromatic nitrogens is 2. The molecule has 23 heavy (non-hydrogen) atoms. The highest BCUT2D eigenvalue weighted by Gasteiger charge is 2.13. The third-order valence-corrected chi connectivity index (χ3v) is 3.63. The molecule has 2 N–H and O–H groups in total. The Morgan fingerprint density at radius 3 is 2.52 bits per heavy atom. The molecule has 0 fully saturated rings. The molecule has 8 heteroatoms. The van der Waals surface area contributed by atoms with Crippen LogP contribution in [0.3, 0.4) is 0 Å². The first-order chi connectivity index (χ1) is 11.0. The second-order valence-electron chi connectivity index (χ2n) is 4.67. The summed E-state index contributed by atoms with van der Waals surface area (Å²) >= 11 is 3.26. The number of hydrogen-bond donors (Lipinski definition) is 2. The van der Waals surface area contributed by atoms with Crippen molar-refractivity contribution >= 4 is 27.7 Å². The lowest BCUT2D eigenvalue weighted by atomic mass is 10.2. The number of hydrazine groups is 1. The zero-order chi connectivity index (χ0) is 16.8. The van der Waals surface area contributed by atoms with Crippen molar-refractivity contribution in [3.8, 4) is 0 Å². The first-order valence-corrected chi connectivity index (χ1v) is 7.75. The van der Waals surface area contributed by atoms with E-state index in [2.05, 4.69) is 31.9 Å². The zero-order valence-electron chi connectivity index (χ0n) is 12.4. The molecule has 0 aliphatic carbocycles. The maximum absolute atomic E-state index is 12.0. The van der Waals surface area contributed by atoms with Gasteiger partial charge in [-0.1, -0.05) is 19.1 Å². The van der Waals surface area contributed by atoms with Gasteiger partial charge in [0, 0.05) is 17.1 Å². The molecule has 1 aromatic heterocycles. The lowest BCUT2D eigenvalue weighted by Gasteiger charge is -2.09. The molecule has 1 aromatic carbocycles. The van der Waals surface area contributed by atoms with Crippen LogP contribution in [-0.2, 0) is 6.54 Å². The minimum Gasteiger partial charge on any atom is -0.268 e. The normalized spacial score (nSPS) is 10.2. The molecule has 0 atom stereocenters. The van der Waals surface area contributed by atoms with Crippen molar-refractivity contribution in [2.24, 2.45) is 0 Å². The van der Waals surface area contributed by atoms with Gasteiger partial charge in [0.1, 0.15) is 0 Å². The van der Waals surface area contributed by atoms with Gasteiger partial charge in [0.15, 0.2) is 5.69 Å². The summed E-state index contributed by atoms with van der Waals surface area (Å²) in [6.45, 7) is 2.32. The Kier molecular flexibility index (Phi) is 5.64. The lowest BCUT2D eigenvalue weighted by molar-refractivity contribution is 0.0842. The Bertz CT molecular complexity index is 788. The average molecular weight is 379 g/mol.